The molecule has 0 aliphatic heterocycles. The Morgan fingerprint density at radius 2 is 1.68 bits per heavy atom. The Labute approximate surface area is 167 Å². The first-order valence-electron chi connectivity index (χ1n) is 10.5. The highest BCUT2D eigenvalue weighted by atomic mass is 16.5. The molecule has 4 bridgehead atoms. The van der Waals surface area contributed by atoms with Crippen molar-refractivity contribution in [2.75, 3.05) is 26.7 Å². The van der Waals surface area contributed by atoms with Crippen LogP contribution in [0.5, 0.6) is 5.75 Å². The third kappa shape index (κ3) is 4.66. The molecule has 0 heterocycles. The number of likely N-dealkylation sites (N-methyl/N-ethyl adjacent to an activating group) is 1. The zero-order chi connectivity index (χ0) is 19.6. The highest BCUT2D eigenvalue weighted by Crippen LogP contribution is 2.55. The Balaban J connectivity index is 1.18. The van der Waals surface area contributed by atoms with Gasteiger partial charge in [-0.15, -0.1) is 0 Å². The number of imide groups is 1. The third-order valence-electron chi connectivity index (χ3n) is 6.57. The van der Waals surface area contributed by atoms with Crippen LogP contribution in [0.15, 0.2) is 30.3 Å². The van der Waals surface area contributed by atoms with Gasteiger partial charge in [-0.05, 0) is 75.5 Å². The number of nitrogens with zero attached hydrogens (tertiary/aromatic N) is 1. The lowest BCUT2D eigenvalue weighted by Gasteiger charge is -2.56. The molecule has 1 aromatic carbocycles. The van der Waals surface area contributed by atoms with Crippen LogP contribution in [-0.2, 0) is 4.79 Å². The zero-order valence-corrected chi connectivity index (χ0v) is 16.7. The first kappa shape index (κ1) is 19.2. The van der Waals surface area contributed by atoms with E-state index in [0.29, 0.717) is 13.2 Å². The van der Waals surface area contributed by atoms with E-state index >= 15 is 0 Å². The topological polar surface area (TPSA) is 70.7 Å². The van der Waals surface area contributed by atoms with E-state index in [9.17, 15) is 9.59 Å². The molecule has 0 aromatic heterocycles. The van der Waals surface area contributed by atoms with Crippen LogP contribution in [0.2, 0.25) is 0 Å². The number of hydrogen-bond acceptors (Lipinski definition) is 4. The molecule has 5 rings (SSSR count). The second-order valence-electron chi connectivity index (χ2n) is 9.10. The van der Waals surface area contributed by atoms with Gasteiger partial charge < -0.3 is 10.1 Å². The number of hydrogen-bond donors (Lipinski definition) is 2. The number of carbonyl (C=O) groups is 2. The molecule has 0 saturated heterocycles. The Bertz CT molecular complexity index is 671. The number of rotatable bonds is 7. The van der Waals surface area contributed by atoms with Crippen LogP contribution >= 0.6 is 0 Å². The van der Waals surface area contributed by atoms with Gasteiger partial charge in [-0.25, -0.2) is 4.79 Å². The normalized spacial score (nSPS) is 30.3. The van der Waals surface area contributed by atoms with E-state index in [0.717, 1.165) is 42.8 Å². The predicted molar refractivity (Wildman–Crippen MR) is 107 cm³/mol. The maximum Gasteiger partial charge on any atom is 0.321 e. The molecule has 0 spiro atoms. The predicted octanol–water partition coefficient (Wildman–Crippen LogP) is 2.79. The fraction of sp³-hybridized carbons (Fsp3) is 0.636. The molecule has 6 heteroatoms. The van der Waals surface area contributed by atoms with Gasteiger partial charge in [-0.1, -0.05) is 18.2 Å². The van der Waals surface area contributed by atoms with Crippen LogP contribution in [-0.4, -0.2) is 49.1 Å². The molecule has 6 nitrogen and oxygen atoms in total. The van der Waals surface area contributed by atoms with Gasteiger partial charge >= 0.3 is 6.03 Å². The van der Waals surface area contributed by atoms with Crippen LogP contribution in [0.25, 0.3) is 0 Å². The van der Waals surface area contributed by atoms with Gasteiger partial charge in [-0.3, -0.25) is 15.0 Å². The van der Waals surface area contributed by atoms with Crippen LogP contribution in [0.1, 0.15) is 38.5 Å². The average Bonchev–Trinajstić information content (AvgIpc) is 2.60. The SMILES string of the molecule is CN(CCOc1ccccc1)CC(=O)NC(=O)NC12CC3CC(CC(C3)C1)C2. The molecule has 0 unspecified atom stereocenters. The second kappa shape index (κ2) is 8.11. The number of nitrogens with one attached hydrogen (secondary N) is 2. The fourth-order valence-electron chi connectivity index (χ4n) is 5.86. The van der Waals surface area contributed by atoms with Gasteiger partial charge in [-0.2, -0.15) is 0 Å². The minimum absolute atomic E-state index is 0.0749. The molecule has 0 atom stereocenters. The van der Waals surface area contributed by atoms with Gasteiger partial charge in [0.05, 0.1) is 6.54 Å². The molecule has 2 N–H and O–H groups in total. The number of ether oxygens (including phenoxy) is 1. The summed E-state index contributed by atoms with van der Waals surface area (Å²) in [6.07, 6.45) is 7.23. The minimum atomic E-state index is -0.333. The van der Waals surface area contributed by atoms with Crippen molar-refractivity contribution >= 4 is 11.9 Å². The van der Waals surface area contributed by atoms with E-state index in [1.165, 1.54) is 19.3 Å². The Hall–Kier alpha value is -2.08. The van der Waals surface area contributed by atoms with Gasteiger partial charge in [0.1, 0.15) is 12.4 Å². The summed E-state index contributed by atoms with van der Waals surface area (Å²) in [5, 5.41) is 5.70. The van der Waals surface area contributed by atoms with Crippen molar-refractivity contribution in [2.45, 2.75) is 44.1 Å². The largest absolute Gasteiger partial charge is 0.492 e. The maximum absolute atomic E-state index is 12.4. The zero-order valence-electron chi connectivity index (χ0n) is 16.7. The quantitative estimate of drug-likeness (QED) is 0.757. The summed E-state index contributed by atoms with van der Waals surface area (Å²) in [7, 11) is 1.85. The van der Waals surface area contributed by atoms with E-state index in [1.54, 1.807) is 0 Å². The highest BCUT2D eigenvalue weighted by Gasteiger charge is 2.51. The summed E-state index contributed by atoms with van der Waals surface area (Å²) in [5.74, 6) is 2.83. The van der Waals surface area contributed by atoms with E-state index in [4.69, 9.17) is 4.74 Å². The number of benzene rings is 1. The minimum Gasteiger partial charge on any atom is -0.492 e. The molecular weight excluding hydrogens is 354 g/mol. The van der Waals surface area contributed by atoms with Crippen molar-refractivity contribution in [1.82, 2.24) is 15.5 Å². The Kier molecular flexibility index (Phi) is 5.58. The van der Waals surface area contributed by atoms with Crippen molar-refractivity contribution < 1.29 is 14.3 Å². The molecule has 152 valence electrons. The van der Waals surface area contributed by atoms with Crippen LogP contribution in [0, 0.1) is 17.8 Å². The monoisotopic (exact) mass is 385 g/mol. The van der Waals surface area contributed by atoms with Crippen molar-refractivity contribution in [3.63, 3.8) is 0 Å². The first-order chi connectivity index (χ1) is 13.5. The molecule has 4 saturated carbocycles. The lowest BCUT2D eigenvalue weighted by molar-refractivity contribution is -0.121. The summed E-state index contributed by atoms with van der Waals surface area (Å²) in [6, 6.07) is 9.27. The summed E-state index contributed by atoms with van der Waals surface area (Å²) in [6.45, 7) is 1.28. The summed E-state index contributed by atoms with van der Waals surface area (Å²) in [5.41, 5.74) is -0.0749. The van der Waals surface area contributed by atoms with Crippen molar-refractivity contribution in [3.8, 4) is 5.75 Å². The van der Waals surface area contributed by atoms with Gasteiger partial charge in [0.25, 0.3) is 0 Å². The number of para-hydroxylation sites is 1. The summed E-state index contributed by atoms with van der Waals surface area (Å²) >= 11 is 0. The molecule has 1 aromatic rings. The number of amides is 3. The Morgan fingerprint density at radius 3 is 2.29 bits per heavy atom. The average molecular weight is 386 g/mol. The van der Waals surface area contributed by atoms with Crippen LogP contribution in [0.4, 0.5) is 4.79 Å². The number of urea groups is 1. The molecule has 0 radical (unpaired) electrons. The van der Waals surface area contributed by atoms with Gasteiger partial charge in [0, 0.05) is 12.1 Å². The smallest absolute Gasteiger partial charge is 0.321 e. The third-order valence-corrected chi connectivity index (χ3v) is 6.57. The summed E-state index contributed by atoms with van der Waals surface area (Å²) < 4.78 is 5.65. The fourth-order valence-corrected chi connectivity index (χ4v) is 5.86. The Morgan fingerprint density at radius 1 is 1.07 bits per heavy atom. The van der Waals surface area contributed by atoms with Crippen molar-refractivity contribution in [3.05, 3.63) is 30.3 Å². The standard InChI is InChI=1S/C22H31N3O3/c1-25(7-8-28-19-5-3-2-4-6-19)15-20(26)23-21(27)24-22-12-16-9-17(13-22)11-18(10-16)14-22/h2-6,16-18H,7-15H2,1H3,(H2,23,24,26,27). The molecular formula is C22H31N3O3. The second-order valence-corrected chi connectivity index (χ2v) is 9.10. The van der Waals surface area contributed by atoms with Crippen LogP contribution < -0.4 is 15.4 Å². The van der Waals surface area contributed by atoms with Gasteiger partial charge in [0.2, 0.25) is 5.91 Å². The lowest BCUT2D eigenvalue weighted by atomic mass is 9.53. The van der Waals surface area contributed by atoms with E-state index in [-0.39, 0.29) is 24.0 Å². The van der Waals surface area contributed by atoms with E-state index in [1.807, 2.05) is 42.3 Å². The first-order valence-corrected chi connectivity index (χ1v) is 10.5. The van der Waals surface area contributed by atoms with Crippen molar-refractivity contribution in [2.24, 2.45) is 17.8 Å². The molecule has 4 aliphatic carbocycles. The lowest BCUT2D eigenvalue weighted by Crippen LogP contribution is -2.62. The van der Waals surface area contributed by atoms with Crippen molar-refractivity contribution in [1.29, 1.82) is 0 Å². The van der Waals surface area contributed by atoms with Crippen LogP contribution in [0.3, 0.4) is 0 Å². The molecule has 28 heavy (non-hydrogen) atoms. The maximum atomic E-state index is 12.4. The van der Waals surface area contributed by atoms with E-state index in [2.05, 4.69) is 10.6 Å². The highest BCUT2D eigenvalue weighted by molar-refractivity contribution is 5.95. The molecule has 4 aliphatic rings. The number of carbonyl (C=O) groups excluding carboxylic acids is 2. The van der Waals surface area contributed by atoms with Gasteiger partial charge in [0.15, 0.2) is 0 Å². The van der Waals surface area contributed by atoms with E-state index < -0.39 is 0 Å². The molecule has 4 fully saturated rings. The summed E-state index contributed by atoms with van der Waals surface area (Å²) in [4.78, 5) is 26.5. The molecule has 3 amide bonds.